The van der Waals surface area contributed by atoms with E-state index in [1.54, 1.807) is 0 Å². The van der Waals surface area contributed by atoms with Gasteiger partial charge in [0.2, 0.25) is 0 Å². The van der Waals surface area contributed by atoms with Gasteiger partial charge in [-0.3, -0.25) is 4.90 Å². The number of nitrogens with zero attached hydrogens (tertiary/aromatic N) is 1. The smallest absolute Gasteiger partial charge is 0.194 e. The summed E-state index contributed by atoms with van der Waals surface area (Å²) in [6.45, 7) is 22.7. The molecule has 0 aliphatic rings. The van der Waals surface area contributed by atoms with Crippen molar-refractivity contribution in [2.24, 2.45) is 0 Å². The molecular formula is C14H33NOSi. The van der Waals surface area contributed by atoms with Gasteiger partial charge in [-0.1, -0.05) is 20.8 Å². The highest BCUT2D eigenvalue weighted by atomic mass is 28.4. The van der Waals surface area contributed by atoms with Crippen LogP contribution in [0.4, 0.5) is 0 Å². The van der Waals surface area contributed by atoms with Crippen LogP contribution in [-0.2, 0) is 4.43 Å². The maximum Gasteiger partial charge on any atom is 0.194 e. The van der Waals surface area contributed by atoms with E-state index in [0.717, 1.165) is 0 Å². The van der Waals surface area contributed by atoms with Gasteiger partial charge in [-0.05, 0) is 52.8 Å². The molecule has 0 amide bonds. The maximum atomic E-state index is 6.45. The SMILES string of the molecule is CC(C)N(C(C)C)C(C)O[Si](C)(C)C(C)(C)C. The van der Waals surface area contributed by atoms with Crippen LogP contribution in [0, 0.1) is 0 Å². The van der Waals surface area contributed by atoms with Gasteiger partial charge < -0.3 is 4.43 Å². The van der Waals surface area contributed by atoms with E-state index >= 15 is 0 Å². The molecule has 0 aliphatic carbocycles. The van der Waals surface area contributed by atoms with Crippen molar-refractivity contribution in [1.82, 2.24) is 4.90 Å². The van der Waals surface area contributed by atoms with E-state index < -0.39 is 8.32 Å². The molecule has 3 heteroatoms. The largest absolute Gasteiger partial charge is 0.402 e. The minimum atomic E-state index is -1.66. The number of rotatable bonds is 5. The molecule has 1 unspecified atom stereocenters. The average molecular weight is 260 g/mol. The molecular weight excluding hydrogens is 226 g/mol. The van der Waals surface area contributed by atoms with Crippen LogP contribution >= 0.6 is 0 Å². The topological polar surface area (TPSA) is 12.5 Å². The molecule has 0 aromatic rings. The summed E-state index contributed by atoms with van der Waals surface area (Å²) >= 11 is 0. The lowest BCUT2D eigenvalue weighted by atomic mass is 10.2. The molecule has 0 N–H and O–H groups in total. The number of hydrogen-bond acceptors (Lipinski definition) is 2. The zero-order valence-corrected chi connectivity index (χ0v) is 14.6. The summed E-state index contributed by atoms with van der Waals surface area (Å²) in [6, 6.07) is 1.05. The van der Waals surface area contributed by atoms with E-state index in [9.17, 15) is 0 Å². The first kappa shape index (κ1) is 17.1. The van der Waals surface area contributed by atoms with Crippen LogP contribution in [0.3, 0.4) is 0 Å². The summed E-state index contributed by atoms with van der Waals surface area (Å²) in [6.07, 6.45) is 0.205. The van der Waals surface area contributed by atoms with Crippen LogP contribution in [0.25, 0.3) is 0 Å². The third-order valence-electron chi connectivity index (χ3n) is 3.88. The van der Waals surface area contributed by atoms with Crippen LogP contribution in [-0.4, -0.2) is 31.5 Å². The summed E-state index contributed by atoms with van der Waals surface area (Å²) in [5, 5.41) is 0.279. The second kappa shape index (κ2) is 5.85. The fraction of sp³-hybridized carbons (Fsp3) is 1.00. The van der Waals surface area contributed by atoms with Crippen LogP contribution in [0.15, 0.2) is 0 Å². The highest BCUT2D eigenvalue weighted by molar-refractivity contribution is 6.74. The number of hydrogen-bond donors (Lipinski definition) is 0. The Morgan fingerprint density at radius 3 is 1.47 bits per heavy atom. The second-order valence-electron chi connectivity index (χ2n) is 7.11. The molecule has 0 aromatic carbocycles. The van der Waals surface area contributed by atoms with Crippen molar-refractivity contribution in [3.63, 3.8) is 0 Å². The third-order valence-corrected chi connectivity index (χ3v) is 8.43. The van der Waals surface area contributed by atoms with Crippen molar-refractivity contribution >= 4 is 8.32 Å². The normalized spacial score (nSPS) is 16.1. The Kier molecular flexibility index (Phi) is 5.90. The molecule has 0 saturated carbocycles. The first-order valence-electron chi connectivity index (χ1n) is 6.85. The Hall–Kier alpha value is 0.137. The molecule has 0 radical (unpaired) electrons. The van der Waals surface area contributed by atoms with E-state index in [1.807, 2.05) is 0 Å². The lowest BCUT2D eigenvalue weighted by Crippen LogP contribution is -2.52. The monoisotopic (exact) mass is 259 g/mol. The van der Waals surface area contributed by atoms with Gasteiger partial charge in [0.1, 0.15) is 0 Å². The van der Waals surface area contributed by atoms with E-state index in [2.05, 4.69) is 73.4 Å². The molecule has 0 bridgehead atoms. The Balaban J connectivity index is 4.78. The fourth-order valence-electron chi connectivity index (χ4n) is 2.10. The Morgan fingerprint density at radius 1 is 0.882 bits per heavy atom. The fourth-order valence-corrected chi connectivity index (χ4v) is 3.43. The summed E-state index contributed by atoms with van der Waals surface area (Å²) in [5.41, 5.74) is 0. The molecule has 104 valence electrons. The molecule has 0 rings (SSSR count). The van der Waals surface area contributed by atoms with Crippen molar-refractivity contribution in [1.29, 1.82) is 0 Å². The maximum absolute atomic E-state index is 6.45. The molecule has 0 aliphatic heterocycles. The average Bonchev–Trinajstić information content (AvgIpc) is 1.97. The molecule has 0 heterocycles. The second-order valence-corrected chi connectivity index (χ2v) is 11.9. The van der Waals surface area contributed by atoms with Gasteiger partial charge in [0.25, 0.3) is 0 Å². The lowest BCUT2D eigenvalue weighted by molar-refractivity contribution is -0.0145. The standard InChI is InChI=1S/C14H33NOSi/c1-11(2)15(12(3)4)13(5)16-17(9,10)14(6,7)8/h11-13H,1-10H3. The predicted molar refractivity (Wildman–Crippen MR) is 79.9 cm³/mol. The Morgan fingerprint density at radius 2 is 1.24 bits per heavy atom. The molecule has 1 atom stereocenters. The van der Waals surface area contributed by atoms with E-state index in [1.165, 1.54) is 0 Å². The quantitative estimate of drug-likeness (QED) is 0.533. The first-order valence-corrected chi connectivity index (χ1v) is 9.76. The first-order chi connectivity index (χ1) is 7.40. The van der Waals surface area contributed by atoms with Gasteiger partial charge in [0.05, 0.1) is 6.23 Å². The van der Waals surface area contributed by atoms with E-state index in [4.69, 9.17) is 4.43 Å². The van der Waals surface area contributed by atoms with Crippen molar-refractivity contribution in [3.05, 3.63) is 0 Å². The van der Waals surface area contributed by atoms with Crippen molar-refractivity contribution in [2.75, 3.05) is 0 Å². The molecule has 17 heavy (non-hydrogen) atoms. The van der Waals surface area contributed by atoms with Gasteiger partial charge in [-0.2, -0.15) is 0 Å². The van der Waals surface area contributed by atoms with Gasteiger partial charge in [0, 0.05) is 12.1 Å². The van der Waals surface area contributed by atoms with Crippen molar-refractivity contribution in [2.45, 2.75) is 91.8 Å². The molecule has 0 saturated heterocycles. The highest BCUT2D eigenvalue weighted by Crippen LogP contribution is 2.37. The van der Waals surface area contributed by atoms with Crippen molar-refractivity contribution < 1.29 is 4.43 Å². The lowest BCUT2D eigenvalue weighted by Gasteiger charge is -2.44. The van der Waals surface area contributed by atoms with Crippen LogP contribution in [0.1, 0.15) is 55.4 Å². The minimum Gasteiger partial charge on any atom is -0.402 e. The zero-order valence-electron chi connectivity index (χ0n) is 13.6. The van der Waals surface area contributed by atoms with E-state index in [-0.39, 0.29) is 11.3 Å². The van der Waals surface area contributed by atoms with Crippen molar-refractivity contribution in [3.8, 4) is 0 Å². The molecule has 0 aromatic heterocycles. The van der Waals surface area contributed by atoms with E-state index in [0.29, 0.717) is 12.1 Å². The van der Waals surface area contributed by atoms with Crippen LogP contribution in [0.5, 0.6) is 0 Å². The molecule has 2 nitrogen and oxygen atoms in total. The zero-order chi connectivity index (χ0) is 14.0. The summed E-state index contributed by atoms with van der Waals surface area (Å²) in [4.78, 5) is 2.44. The minimum absolute atomic E-state index is 0.205. The van der Waals surface area contributed by atoms with Gasteiger partial charge in [-0.15, -0.1) is 0 Å². The summed E-state index contributed by atoms with van der Waals surface area (Å²) in [5.74, 6) is 0. The summed E-state index contributed by atoms with van der Waals surface area (Å²) < 4.78 is 6.45. The van der Waals surface area contributed by atoms with Gasteiger partial charge in [-0.25, -0.2) is 0 Å². The summed E-state index contributed by atoms with van der Waals surface area (Å²) in [7, 11) is -1.66. The Bertz CT molecular complexity index is 223. The predicted octanol–water partition coefficient (Wildman–Crippen LogP) is 4.47. The van der Waals surface area contributed by atoms with Crippen LogP contribution < -0.4 is 0 Å². The van der Waals surface area contributed by atoms with Crippen LogP contribution in [0.2, 0.25) is 18.1 Å². The third kappa shape index (κ3) is 4.72. The highest BCUT2D eigenvalue weighted by Gasteiger charge is 2.39. The molecule has 0 spiro atoms. The van der Waals surface area contributed by atoms with Gasteiger partial charge in [0.15, 0.2) is 8.32 Å². The molecule has 0 fully saturated rings. The Labute approximate surface area is 110 Å². The van der Waals surface area contributed by atoms with Gasteiger partial charge >= 0.3 is 0 Å².